The molecule has 12 aromatic carbocycles. The van der Waals surface area contributed by atoms with Gasteiger partial charge in [-0.3, -0.25) is 0 Å². The first-order chi connectivity index (χ1) is 40.1. The Morgan fingerprint density at radius 1 is 0.229 bits per heavy atom. The van der Waals surface area contributed by atoms with Gasteiger partial charge in [-0.25, -0.2) is 0 Å². The molecule has 2 aromatic heterocycles. The van der Waals surface area contributed by atoms with E-state index in [0.717, 1.165) is 66.1 Å². The van der Waals surface area contributed by atoms with Gasteiger partial charge in [-0.1, -0.05) is 210 Å². The van der Waals surface area contributed by atoms with Crippen LogP contribution in [0, 0.1) is 27.7 Å². The van der Waals surface area contributed by atoms with Crippen molar-refractivity contribution in [3.8, 4) is 77.9 Å². The van der Waals surface area contributed by atoms with Crippen molar-refractivity contribution in [2.24, 2.45) is 0 Å². The Hall–Kier alpha value is -9.24. The number of fused-ring (bicyclic) bond motifs is 19. The lowest BCUT2D eigenvalue weighted by Crippen LogP contribution is -2.17. The summed E-state index contributed by atoms with van der Waals surface area (Å²) < 4.78 is 14.3. The number of para-hydroxylation sites is 4. The molecule has 0 atom stereocenters. The molecule has 17 rings (SSSR count). The van der Waals surface area contributed by atoms with Gasteiger partial charge in [0.1, 0.15) is 22.3 Å². The number of hydrogen-bond acceptors (Lipinski definition) is 2. The van der Waals surface area contributed by atoms with Gasteiger partial charge in [0, 0.05) is 60.0 Å². The first-order valence-corrected chi connectivity index (χ1v) is 29.6. The largest absolute Gasteiger partial charge is 0.455 e. The molecule has 398 valence electrons. The first kappa shape index (κ1) is 48.5. The minimum absolute atomic E-state index is 0.250. The van der Waals surface area contributed by atoms with Crippen LogP contribution >= 0.6 is 0 Å². The molecule has 3 aliphatic rings. The molecule has 2 nitrogen and oxygen atoms in total. The minimum atomic E-state index is -0.283. The summed E-state index contributed by atoms with van der Waals surface area (Å²) in [4.78, 5) is 0. The monoisotopic (exact) mass is 1070 g/mol. The number of hydrogen-bond donors (Lipinski definition) is 0. The minimum Gasteiger partial charge on any atom is -0.455 e. The molecule has 14 aromatic rings. The van der Waals surface area contributed by atoms with Gasteiger partial charge in [-0.2, -0.15) is 0 Å². The Morgan fingerprint density at radius 3 is 0.880 bits per heavy atom. The number of furan rings is 2. The number of benzene rings is 12. The van der Waals surface area contributed by atoms with E-state index in [9.17, 15) is 0 Å². The van der Waals surface area contributed by atoms with E-state index in [1.165, 1.54) is 133 Å². The predicted molar refractivity (Wildman–Crippen MR) is 349 cm³/mol. The Bertz CT molecular complexity index is 4950. The lowest BCUT2D eigenvalue weighted by molar-refractivity contribution is 0.649. The molecule has 0 fully saturated rings. The van der Waals surface area contributed by atoms with Crippen LogP contribution in [0.3, 0.4) is 0 Å². The van der Waals surface area contributed by atoms with Gasteiger partial charge in [-0.15, -0.1) is 0 Å². The summed E-state index contributed by atoms with van der Waals surface area (Å²) in [7, 11) is 0. The average molecular weight is 1070 g/mol. The molecule has 0 spiro atoms. The molecule has 83 heavy (non-hydrogen) atoms. The normalized spacial score (nSPS) is 14.9. The summed E-state index contributed by atoms with van der Waals surface area (Å²) in [6.07, 6.45) is 0. The second-order valence-electron chi connectivity index (χ2n) is 26.1. The molecule has 0 amide bonds. The highest BCUT2D eigenvalue weighted by Crippen LogP contribution is 2.62. The van der Waals surface area contributed by atoms with E-state index in [2.05, 4.69) is 263 Å². The van der Waals surface area contributed by atoms with E-state index in [1.54, 1.807) is 0 Å². The van der Waals surface area contributed by atoms with Crippen LogP contribution in [-0.2, 0) is 16.2 Å². The van der Waals surface area contributed by atoms with Crippen LogP contribution in [0.5, 0.6) is 0 Å². The first-order valence-electron chi connectivity index (χ1n) is 29.6. The van der Waals surface area contributed by atoms with Crippen LogP contribution in [0.2, 0.25) is 0 Å². The van der Waals surface area contributed by atoms with E-state index in [4.69, 9.17) is 8.83 Å². The van der Waals surface area contributed by atoms with Crippen molar-refractivity contribution in [2.75, 3.05) is 0 Å². The quantitative estimate of drug-likeness (QED) is 0.176. The Morgan fingerprint density at radius 2 is 0.518 bits per heavy atom. The standard InChI is InChI=1S/C81H62O2/c1-43-31-33-47(45(3)35-43)53-23-15-25-55-57-27-17-29-59(77(57)82-75(53)55)61-37-71-73(51-21-13-11-19-49(51)61)65-41-67-63(39-69(65)80(71,7)8)64-40-70-66(42-68(64)79(67,5)6)74-52-22-14-12-20-50(52)62(38-72(74)81(70,9)10)60-30-18-28-58-56-26-16-24-54(76(56)83-78(58)60)48-34-32-44(2)36-46(48)4/h11-42H,1-10H3. The molecular formula is C81H62O2. The van der Waals surface area contributed by atoms with Crippen molar-refractivity contribution in [2.45, 2.75) is 85.5 Å². The third-order valence-electron chi connectivity index (χ3n) is 20.2. The van der Waals surface area contributed by atoms with Crippen molar-refractivity contribution >= 4 is 65.4 Å². The molecule has 2 heterocycles. The maximum absolute atomic E-state index is 7.16. The predicted octanol–water partition coefficient (Wildman–Crippen LogP) is 22.6. The summed E-state index contributed by atoms with van der Waals surface area (Å²) in [6, 6.07) is 73.7. The number of aryl methyl sites for hydroxylation is 4. The van der Waals surface area contributed by atoms with Crippen LogP contribution < -0.4 is 0 Å². The van der Waals surface area contributed by atoms with Crippen LogP contribution in [0.4, 0.5) is 0 Å². The Balaban J connectivity index is 0.805. The van der Waals surface area contributed by atoms with Crippen LogP contribution in [0.1, 0.15) is 97.2 Å². The zero-order chi connectivity index (χ0) is 56.3. The lowest BCUT2D eigenvalue weighted by atomic mass is 9.78. The van der Waals surface area contributed by atoms with Crippen molar-refractivity contribution in [1.29, 1.82) is 0 Å². The summed E-state index contributed by atoms with van der Waals surface area (Å²) >= 11 is 0. The van der Waals surface area contributed by atoms with Gasteiger partial charge in [0.25, 0.3) is 0 Å². The van der Waals surface area contributed by atoms with Gasteiger partial charge < -0.3 is 8.83 Å². The second kappa shape index (κ2) is 16.5. The summed E-state index contributed by atoms with van der Waals surface area (Å²) in [5.41, 5.74) is 33.7. The summed E-state index contributed by atoms with van der Waals surface area (Å²) in [5.74, 6) is 0. The second-order valence-corrected chi connectivity index (χ2v) is 26.1. The third kappa shape index (κ3) is 6.39. The maximum atomic E-state index is 7.16. The molecule has 2 heteroatoms. The fourth-order valence-corrected chi connectivity index (χ4v) is 16.0. The fourth-order valence-electron chi connectivity index (χ4n) is 16.0. The van der Waals surface area contributed by atoms with E-state index < -0.39 is 0 Å². The van der Waals surface area contributed by atoms with E-state index >= 15 is 0 Å². The molecular weight excluding hydrogens is 1000 g/mol. The molecule has 0 bridgehead atoms. The highest BCUT2D eigenvalue weighted by molar-refractivity contribution is 6.19. The summed E-state index contributed by atoms with van der Waals surface area (Å²) in [5, 5.41) is 9.62. The molecule has 3 aliphatic carbocycles. The van der Waals surface area contributed by atoms with Crippen molar-refractivity contribution in [3.63, 3.8) is 0 Å². The van der Waals surface area contributed by atoms with Gasteiger partial charge in [0.05, 0.1) is 0 Å². The molecule has 0 saturated carbocycles. The van der Waals surface area contributed by atoms with Crippen molar-refractivity contribution in [1.82, 2.24) is 0 Å². The zero-order valence-electron chi connectivity index (χ0n) is 48.8. The van der Waals surface area contributed by atoms with Gasteiger partial charge >= 0.3 is 0 Å². The molecule has 0 aliphatic heterocycles. The maximum Gasteiger partial charge on any atom is 0.143 e. The van der Waals surface area contributed by atoms with Crippen molar-refractivity contribution < 1.29 is 8.83 Å². The average Bonchev–Trinajstić information content (AvgIpc) is 2.35. The van der Waals surface area contributed by atoms with Crippen LogP contribution in [-0.4, -0.2) is 0 Å². The topological polar surface area (TPSA) is 26.3 Å². The van der Waals surface area contributed by atoms with Crippen LogP contribution in [0.25, 0.3) is 143 Å². The molecule has 0 saturated heterocycles. The van der Waals surface area contributed by atoms with E-state index in [0.29, 0.717) is 0 Å². The number of rotatable bonds is 4. The lowest BCUT2D eigenvalue weighted by Gasteiger charge is -2.25. The highest BCUT2D eigenvalue weighted by atomic mass is 16.3. The Labute approximate surface area is 484 Å². The smallest absolute Gasteiger partial charge is 0.143 e. The fraction of sp³-hybridized carbons (Fsp3) is 0.160. The zero-order valence-corrected chi connectivity index (χ0v) is 48.8. The molecule has 0 unspecified atom stereocenters. The van der Waals surface area contributed by atoms with Gasteiger partial charge in [-0.05, 0) is 186 Å². The van der Waals surface area contributed by atoms with Gasteiger partial charge in [0.2, 0.25) is 0 Å². The molecule has 0 radical (unpaired) electrons. The SMILES string of the molecule is Cc1ccc(-c2cccc3c2oc2c(-c4cc5c(c6ccccc46)-c4cc6c(cc4C5(C)C)-c4cc5c(cc4C6(C)C)-c4c(cc(-c6cccc7c6oc6c(-c8ccc(C)cc8C)cccc67)c6ccccc46)C5(C)C)cccc23)c(C)c1. The van der Waals surface area contributed by atoms with E-state index in [-0.39, 0.29) is 16.2 Å². The highest BCUT2D eigenvalue weighted by Gasteiger charge is 2.46. The molecule has 0 N–H and O–H groups in total. The van der Waals surface area contributed by atoms with E-state index in [1.807, 2.05) is 0 Å². The van der Waals surface area contributed by atoms with Crippen LogP contribution in [0.15, 0.2) is 203 Å². The van der Waals surface area contributed by atoms with Gasteiger partial charge in [0.15, 0.2) is 0 Å². The Kier molecular flexibility index (Phi) is 9.63. The van der Waals surface area contributed by atoms with Crippen molar-refractivity contribution in [3.05, 3.63) is 250 Å². The third-order valence-corrected chi connectivity index (χ3v) is 20.2. The summed E-state index contributed by atoms with van der Waals surface area (Å²) in [6.45, 7) is 23.4.